The maximum absolute atomic E-state index is 11.5. The van der Waals surface area contributed by atoms with E-state index in [1.807, 2.05) is 0 Å². The summed E-state index contributed by atoms with van der Waals surface area (Å²) in [6.45, 7) is 3.43. The van der Waals surface area contributed by atoms with Gasteiger partial charge in [-0.1, -0.05) is 0 Å². The fourth-order valence-electron chi connectivity index (χ4n) is 1.39. The molecule has 0 atom stereocenters. The molecular weight excluding hydrogens is 216 g/mol. The van der Waals surface area contributed by atoms with Gasteiger partial charge in [0.1, 0.15) is 11.7 Å². The SMILES string of the molecule is COc1cc(C)c(S(=O)(=O)CO)cc1C. The summed E-state index contributed by atoms with van der Waals surface area (Å²) in [5.41, 5.74) is 1.31. The Morgan fingerprint density at radius 2 is 1.87 bits per heavy atom. The second kappa shape index (κ2) is 4.20. The van der Waals surface area contributed by atoms with Crippen LogP contribution in [0.5, 0.6) is 5.75 Å². The van der Waals surface area contributed by atoms with E-state index >= 15 is 0 Å². The third-order valence-corrected chi connectivity index (χ3v) is 3.65. The minimum atomic E-state index is -3.58. The molecule has 0 saturated heterocycles. The summed E-state index contributed by atoms with van der Waals surface area (Å²) in [6, 6.07) is 3.16. The third kappa shape index (κ3) is 2.30. The molecule has 0 bridgehead atoms. The van der Waals surface area contributed by atoms with E-state index in [0.717, 1.165) is 5.56 Å². The predicted octanol–water partition coefficient (Wildman–Crippen LogP) is 1.04. The summed E-state index contributed by atoms with van der Waals surface area (Å²) >= 11 is 0. The first-order chi connectivity index (χ1) is 6.92. The number of sulfone groups is 1. The van der Waals surface area contributed by atoms with Gasteiger partial charge in [0.05, 0.1) is 12.0 Å². The summed E-state index contributed by atoms with van der Waals surface area (Å²) in [7, 11) is -2.05. The van der Waals surface area contributed by atoms with E-state index in [1.54, 1.807) is 19.9 Å². The third-order valence-electron chi connectivity index (χ3n) is 2.20. The van der Waals surface area contributed by atoms with Crippen LogP contribution >= 0.6 is 0 Å². The van der Waals surface area contributed by atoms with Crippen LogP contribution in [0.3, 0.4) is 0 Å². The van der Waals surface area contributed by atoms with E-state index in [9.17, 15) is 8.42 Å². The highest BCUT2D eigenvalue weighted by Gasteiger charge is 2.17. The van der Waals surface area contributed by atoms with Crippen molar-refractivity contribution in [3.05, 3.63) is 23.3 Å². The van der Waals surface area contributed by atoms with Crippen molar-refractivity contribution < 1.29 is 18.3 Å². The van der Waals surface area contributed by atoms with Gasteiger partial charge in [-0.2, -0.15) is 0 Å². The lowest BCUT2D eigenvalue weighted by Gasteiger charge is -2.10. The van der Waals surface area contributed by atoms with Crippen LogP contribution in [-0.4, -0.2) is 26.6 Å². The van der Waals surface area contributed by atoms with Gasteiger partial charge >= 0.3 is 0 Å². The Morgan fingerprint density at radius 1 is 1.27 bits per heavy atom. The zero-order valence-corrected chi connectivity index (χ0v) is 9.76. The van der Waals surface area contributed by atoms with E-state index in [-0.39, 0.29) is 4.90 Å². The van der Waals surface area contributed by atoms with Gasteiger partial charge in [-0.3, -0.25) is 0 Å². The lowest BCUT2D eigenvalue weighted by atomic mass is 10.1. The van der Waals surface area contributed by atoms with E-state index < -0.39 is 15.8 Å². The van der Waals surface area contributed by atoms with Crippen molar-refractivity contribution in [3.8, 4) is 5.75 Å². The largest absolute Gasteiger partial charge is 0.496 e. The van der Waals surface area contributed by atoms with Crippen molar-refractivity contribution in [1.82, 2.24) is 0 Å². The Labute approximate surface area is 89.4 Å². The number of hydrogen-bond donors (Lipinski definition) is 1. The Balaban J connectivity index is 3.41. The molecule has 0 aromatic heterocycles. The lowest BCUT2D eigenvalue weighted by molar-refractivity contribution is 0.358. The highest BCUT2D eigenvalue weighted by molar-refractivity contribution is 7.91. The first-order valence-corrected chi connectivity index (χ1v) is 6.06. The van der Waals surface area contributed by atoms with E-state index in [4.69, 9.17) is 9.84 Å². The zero-order chi connectivity index (χ0) is 11.6. The minimum Gasteiger partial charge on any atom is -0.496 e. The maximum Gasteiger partial charge on any atom is 0.202 e. The number of hydrogen-bond acceptors (Lipinski definition) is 4. The molecular formula is C10H14O4S. The van der Waals surface area contributed by atoms with Crippen LogP contribution in [0.1, 0.15) is 11.1 Å². The Morgan fingerprint density at radius 3 is 2.33 bits per heavy atom. The standard InChI is InChI=1S/C10H14O4S/c1-7-5-10(15(12,13)6-11)8(2)4-9(7)14-3/h4-5,11H,6H2,1-3H3. The molecule has 0 amide bonds. The number of aliphatic hydroxyl groups excluding tert-OH is 1. The fourth-order valence-corrected chi connectivity index (χ4v) is 2.43. The van der Waals surface area contributed by atoms with Crippen molar-refractivity contribution in [2.75, 3.05) is 13.0 Å². The molecule has 84 valence electrons. The Kier molecular flexibility index (Phi) is 3.36. The molecule has 0 saturated carbocycles. The van der Waals surface area contributed by atoms with Crippen molar-refractivity contribution >= 4 is 9.84 Å². The van der Waals surface area contributed by atoms with Crippen LogP contribution in [-0.2, 0) is 9.84 Å². The number of methoxy groups -OCH3 is 1. The average Bonchev–Trinajstić information content (AvgIpc) is 2.20. The molecule has 0 spiro atoms. The molecule has 0 fully saturated rings. The number of ether oxygens (including phenoxy) is 1. The quantitative estimate of drug-likeness (QED) is 0.842. The van der Waals surface area contributed by atoms with Gasteiger partial charge in [-0.25, -0.2) is 8.42 Å². The molecule has 1 N–H and O–H groups in total. The monoisotopic (exact) mass is 230 g/mol. The van der Waals surface area contributed by atoms with Crippen LogP contribution in [0, 0.1) is 13.8 Å². The predicted molar refractivity (Wildman–Crippen MR) is 56.7 cm³/mol. The minimum absolute atomic E-state index is 0.156. The van der Waals surface area contributed by atoms with Crippen LogP contribution < -0.4 is 4.74 Å². The molecule has 0 radical (unpaired) electrons. The summed E-state index contributed by atoms with van der Waals surface area (Å²) in [6.07, 6.45) is 0. The van der Waals surface area contributed by atoms with Crippen LogP contribution in [0.15, 0.2) is 17.0 Å². The van der Waals surface area contributed by atoms with Gasteiger partial charge in [0, 0.05) is 0 Å². The number of aliphatic hydroxyl groups is 1. The second-order valence-corrected chi connectivity index (χ2v) is 5.26. The molecule has 0 heterocycles. The summed E-state index contributed by atoms with van der Waals surface area (Å²) in [4.78, 5) is 0.156. The summed E-state index contributed by atoms with van der Waals surface area (Å²) in [5, 5.41) is 8.77. The molecule has 1 rings (SSSR count). The van der Waals surface area contributed by atoms with Gasteiger partial charge in [0.25, 0.3) is 0 Å². The van der Waals surface area contributed by atoms with Gasteiger partial charge in [0.2, 0.25) is 9.84 Å². The lowest BCUT2D eigenvalue weighted by Crippen LogP contribution is -2.08. The molecule has 0 unspecified atom stereocenters. The van der Waals surface area contributed by atoms with E-state index in [1.165, 1.54) is 13.2 Å². The zero-order valence-electron chi connectivity index (χ0n) is 8.94. The van der Waals surface area contributed by atoms with E-state index in [0.29, 0.717) is 11.3 Å². The van der Waals surface area contributed by atoms with Crippen molar-refractivity contribution in [3.63, 3.8) is 0 Å². The van der Waals surface area contributed by atoms with Gasteiger partial charge in [-0.05, 0) is 37.1 Å². The van der Waals surface area contributed by atoms with Crippen molar-refractivity contribution in [2.45, 2.75) is 18.7 Å². The maximum atomic E-state index is 11.5. The molecule has 4 nitrogen and oxygen atoms in total. The number of aryl methyl sites for hydroxylation is 2. The molecule has 0 aliphatic carbocycles. The fraction of sp³-hybridized carbons (Fsp3) is 0.400. The van der Waals surface area contributed by atoms with E-state index in [2.05, 4.69) is 0 Å². The van der Waals surface area contributed by atoms with Crippen LogP contribution in [0.25, 0.3) is 0 Å². The smallest absolute Gasteiger partial charge is 0.202 e. The number of benzene rings is 1. The van der Waals surface area contributed by atoms with Gasteiger partial charge < -0.3 is 9.84 Å². The van der Waals surface area contributed by atoms with Gasteiger partial charge in [0.15, 0.2) is 0 Å². The first-order valence-electron chi connectivity index (χ1n) is 4.41. The van der Waals surface area contributed by atoms with Crippen molar-refractivity contribution in [2.24, 2.45) is 0 Å². The summed E-state index contributed by atoms with van der Waals surface area (Å²) in [5.74, 6) is -0.232. The average molecular weight is 230 g/mol. The Hall–Kier alpha value is -1.07. The molecule has 1 aromatic carbocycles. The molecule has 0 aliphatic rings. The first kappa shape index (κ1) is 12.0. The molecule has 0 aliphatic heterocycles. The molecule has 5 heteroatoms. The highest BCUT2D eigenvalue weighted by atomic mass is 32.2. The van der Waals surface area contributed by atoms with Crippen LogP contribution in [0.2, 0.25) is 0 Å². The van der Waals surface area contributed by atoms with Crippen LogP contribution in [0.4, 0.5) is 0 Å². The Bertz CT molecular complexity index is 463. The molecule has 15 heavy (non-hydrogen) atoms. The number of rotatable bonds is 3. The normalized spacial score (nSPS) is 11.5. The highest BCUT2D eigenvalue weighted by Crippen LogP contribution is 2.25. The second-order valence-electron chi connectivity index (χ2n) is 3.33. The van der Waals surface area contributed by atoms with Gasteiger partial charge in [-0.15, -0.1) is 0 Å². The molecule has 1 aromatic rings. The van der Waals surface area contributed by atoms with Crippen molar-refractivity contribution in [1.29, 1.82) is 0 Å². The topological polar surface area (TPSA) is 63.6 Å². The summed E-state index contributed by atoms with van der Waals surface area (Å²) < 4.78 is 28.0.